The van der Waals surface area contributed by atoms with Gasteiger partial charge in [0.1, 0.15) is 29.2 Å². The molecule has 5 rings (SSSR count). The summed E-state index contributed by atoms with van der Waals surface area (Å²) < 4.78 is 70.1. The van der Waals surface area contributed by atoms with E-state index in [1.807, 2.05) is 0 Å². The lowest BCUT2D eigenvalue weighted by molar-refractivity contribution is 0.00144. The van der Waals surface area contributed by atoms with E-state index >= 15 is 0 Å². The predicted molar refractivity (Wildman–Crippen MR) is 101 cm³/mol. The second-order valence-electron chi connectivity index (χ2n) is 8.39. The quantitative estimate of drug-likeness (QED) is 0.671. The van der Waals surface area contributed by atoms with Crippen molar-refractivity contribution >= 4 is 11.8 Å². The van der Waals surface area contributed by atoms with Gasteiger partial charge in [-0.3, -0.25) is 14.4 Å². The number of piperidine rings is 1. The SMILES string of the molecule is O=C(NCc1c(F)cc(F)cc1F)c1cn2c(c(O)c1=O)C(=O)N1[C@@H]3C[C@@H](C(F)C3F)[C@@H]1C2. The monoisotopic (exact) mass is 469 g/mol. The number of carbonyl (C=O) groups excluding carboxylic acids is 2. The van der Waals surface area contributed by atoms with Crippen LogP contribution in [0.15, 0.2) is 23.1 Å². The minimum absolute atomic E-state index is 0.0787. The molecule has 2 fully saturated rings. The third-order valence-corrected chi connectivity index (χ3v) is 6.66. The van der Waals surface area contributed by atoms with Gasteiger partial charge in [0.25, 0.3) is 11.8 Å². The second kappa shape index (κ2) is 7.29. The number of aromatic nitrogens is 1. The number of nitrogens with zero attached hydrogens (tertiary/aromatic N) is 2. The highest BCUT2D eigenvalue weighted by molar-refractivity contribution is 5.99. The standard InChI is InChI=1S/C21H16F5N3O4/c22-7-1-11(23)9(12(24)2-7)4-27-20(32)10-5-28-6-14-8-3-13(16(26)15(8)25)29(14)21(33)17(28)19(31)18(10)30/h1-2,5,8,13-16,31H,3-4,6H2,(H,27,32)/t8-,13-,14+,15?,16?/m1/s1. The van der Waals surface area contributed by atoms with Gasteiger partial charge in [-0.1, -0.05) is 0 Å². The molecule has 7 nitrogen and oxygen atoms in total. The lowest BCUT2D eigenvalue weighted by Gasteiger charge is -2.42. The van der Waals surface area contributed by atoms with Gasteiger partial charge in [0.05, 0.1) is 12.1 Å². The van der Waals surface area contributed by atoms with Crippen molar-refractivity contribution in [3.63, 3.8) is 0 Å². The summed E-state index contributed by atoms with van der Waals surface area (Å²) in [6.45, 7) is -0.802. The van der Waals surface area contributed by atoms with Gasteiger partial charge in [0.15, 0.2) is 17.6 Å². The first-order valence-corrected chi connectivity index (χ1v) is 10.1. The van der Waals surface area contributed by atoms with E-state index in [0.717, 1.165) is 15.7 Å². The van der Waals surface area contributed by atoms with Crippen molar-refractivity contribution in [2.75, 3.05) is 0 Å². The van der Waals surface area contributed by atoms with Gasteiger partial charge in [0.2, 0.25) is 5.43 Å². The molecule has 2 amide bonds. The molecular formula is C21H16F5N3O4. The zero-order valence-corrected chi connectivity index (χ0v) is 16.7. The number of aromatic hydroxyl groups is 1. The molecular weight excluding hydrogens is 453 g/mol. The number of fused-ring (bicyclic) bond motifs is 6. The van der Waals surface area contributed by atoms with E-state index < -0.39 is 94.2 Å². The molecule has 2 bridgehead atoms. The second-order valence-corrected chi connectivity index (χ2v) is 8.39. The Bertz CT molecular complexity index is 1240. The lowest BCUT2D eigenvalue weighted by Crippen LogP contribution is -2.58. The van der Waals surface area contributed by atoms with Gasteiger partial charge in [-0.05, 0) is 6.42 Å². The molecule has 5 atom stereocenters. The molecule has 2 N–H and O–H groups in total. The maximum Gasteiger partial charge on any atom is 0.275 e. The van der Waals surface area contributed by atoms with Gasteiger partial charge in [0, 0.05) is 42.9 Å². The fourth-order valence-corrected chi connectivity index (χ4v) is 5.11. The number of benzene rings is 1. The van der Waals surface area contributed by atoms with Crippen molar-refractivity contribution in [3.8, 4) is 5.75 Å². The van der Waals surface area contributed by atoms with Crippen LogP contribution in [0.25, 0.3) is 0 Å². The Kier molecular flexibility index (Phi) is 4.73. The smallest absolute Gasteiger partial charge is 0.275 e. The maximum absolute atomic E-state index is 14.2. The zero-order chi connectivity index (χ0) is 23.8. The number of carbonyl (C=O) groups is 2. The lowest BCUT2D eigenvalue weighted by atomic mass is 9.93. The Morgan fingerprint density at radius 3 is 2.42 bits per heavy atom. The minimum Gasteiger partial charge on any atom is -0.503 e. The summed E-state index contributed by atoms with van der Waals surface area (Å²) in [6, 6.07) is -0.847. The molecule has 2 unspecified atom stereocenters. The van der Waals surface area contributed by atoms with Gasteiger partial charge < -0.3 is 19.9 Å². The summed E-state index contributed by atoms with van der Waals surface area (Å²) in [5, 5.41) is 12.5. The van der Waals surface area contributed by atoms with Crippen LogP contribution in [0.3, 0.4) is 0 Å². The molecule has 174 valence electrons. The highest BCUT2D eigenvalue weighted by atomic mass is 19.2. The van der Waals surface area contributed by atoms with E-state index in [9.17, 15) is 41.4 Å². The third kappa shape index (κ3) is 3.03. The number of halogens is 5. The van der Waals surface area contributed by atoms with Crippen molar-refractivity contribution in [1.29, 1.82) is 0 Å². The average molecular weight is 469 g/mol. The molecule has 0 spiro atoms. The number of alkyl halides is 2. The van der Waals surface area contributed by atoms with Crippen LogP contribution in [0.4, 0.5) is 22.0 Å². The van der Waals surface area contributed by atoms with E-state index in [1.54, 1.807) is 0 Å². The third-order valence-electron chi connectivity index (χ3n) is 6.66. The van der Waals surface area contributed by atoms with Gasteiger partial charge in [-0.25, -0.2) is 22.0 Å². The first-order valence-electron chi connectivity index (χ1n) is 10.1. The van der Waals surface area contributed by atoms with Crippen LogP contribution in [0.1, 0.15) is 32.8 Å². The highest BCUT2D eigenvalue weighted by Gasteiger charge is 2.61. The summed E-state index contributed by atoms with van der Waals surface area (Å²) in [6.07, 6.45) is -2.50. The molecule has 33 heavy (non-hydrogen) atoms. The first kappa shape index (κ1) is 21.4. The van der Waals surface area contributed by atoms with Crippen LogP contribution in [-0.2, 0) is 13.1 Å². The fourth-order valence-electron chi connectivity index (χ4n) is 5.11. The molecule has 1 aliphatic carbocycles. The summed E-state index contributed by atoms with van der Waals surface area (Å²) in [5.74, 6) is -7.38. The molecule has 12 heteroatoms. The van der Waals surface area contributed by atoms with Crippen molar-refractivity contribution in [3.05, 3.63) is 62.8 Å². The van der Waals surface area contributed by atoms with E-state index in [1.165, 1.54) is 0 Å². The van der Waals surface area contributed by atoms with Crippen LogP contribution < -0.4 is 10.7 Å². The van der Waals surface area contributed by atoms with E-state index in [2.05, 4.69) is 5.32 Å². The van der Waals surface area contributed by atoms with E-state index in [-0.39, 0.29) is 13.0 Å². The van der Waals surface area contributed by atoms with Crippen LogP contribution in [0, 0.1) is 23.4 Å². The number of amides is 2. The average Bonchev–Trinajstić information content (AvgIpc) is 3.26. The van der Waals surface area contributed by atoms with Gasteiger partial charge in [-0.2, -0.15) is 0 Å². The Balaban J connectivity index is 1.45. The summed E-state index contributed by atoms with van der Waals surface area (Å²) >= 11 is 0. The number of nitrogens with one attached hydrogen (secondary N) is 1. The summed E-state index contributed by atoms with van der Waals surface area (Å²) in [7, 11) is 0. The Morgan fingerprint density at radius 2 is 1.76 bits per heavy atom. The van der Waals surface area contributed by atoms with Gasteiger partial charge in [-0.15, -0.1) is 0 Å². The van der Waals surface area contributed by atoms with E-state index in [0.29, 0.717) is 12.1 Å². The molecule has 1 saturated heterocycles. The number of pyridine rings is 1. The Hall–Kier alpha value is -3.44. The molecule has 1 aromatic carbocycles. The molecule has 1 saturated carbocycles. The molecule has 3 heterocycles. The minimum atomic E-state index is -1.85. The molecule has 2 aromatic rings. The molecule has 3 aliphatic rings. The van der Waals surface area contributed by atoms with Crippen LogP contribution in [-0.4, -0.2) is 50.8 Å². The van der Waals surface area contributed by atoms with Crippen LogP contribution in [0.5, 0.6) is 5.75 Å². The zero-order valence-electron chi connectivity index (χ0n) is 16.7. The number of rotatable bonds is 3. The largest absolute Gasteiger partial charge is 0.503 e. The van der Waals surface area contributed by atoms with Crippen molar-refractivity contribution in [1.82, 2.24) is 14.8 Å². The maximum atomic E-state index is 14.2. The van der Waals surface area contributed by atoms with E-state index in [4.69, 9.17) is 0 Å². The Labute approximate surface area is 182 Å². The van der Waals surface area contributed by atoms with Crippen LogP contribution >= 0.6 is 0 Å². The van der Waals surface area contributed by atoms with Gasteiger partial charge >= 0.3 is 0 Å². The highest BCUT2D eigenvalue weighted by Crippen LogP contribution is 2.48. The number of hydrogen-bond donors (Lipinski definition) is 2. The topological polar surface area (TPSA) is 91.6 Å². The van der Waals surface area contributed by atoms with Crippen LogP contribution in [0.2, 0.25) is 0 Å². The number of hydrogen-bond acceptors (Lipinski definition) is 4. The van der Waals surface area contributed by atoms with Crippen molar-refractivity contribution < 1.29 is 36.6 Å². The van der Waals surface area contributed by atoms with Crippen molar-refractivity contribution in [2.24, 2.45) is 5.92 Å². The molecule has 0 radical (unpaired) electrons. The normalized spacial score (nSPS) is 27.5. The fraction of sp³-hybridized carbons (Fsp3) is 0.381. The predicted octanol–water partition coefficient (Wildman–Crippen LogP) is 1.80. The molecule has 1 aromatic heterocycles. The summed E-state index contributed by atoms with van der Waals surface area (Å²) in [4.78, 5) is 39.2. The summed E-state index contributed by atoms with van der Waals surface area (Å²) in [5.41, 5.74) is -2.92. The molecule has 2 aliphatic heterocycles. The first-order chi connectivity index (χ1) is 15.6. The Morgan fingerprint density at radius 1 is 1.09 bits per heavy atom. The van der Waals surface area contributed by atoms with Crippen molar-refractivity contribution in [2.45, 2.75) is 43.9 Å².